The van der Waals surface area contributed by atoms with Gasteiger partial charge in [0.05, 0.1) is 24.1 Å². The van der Waals surface area contributed by atoms with Crippen molar-refractivity contribution in [3.8, 4) is 0 Å². The van der Waals surface area contributed by atoms with Crippen LogP contribution in [0, 0.1) is 0 Å². The summed E-state index contributed by atoms with van der Waals surface area (Å²) in [5.74, 6) is 0.522. The first-order valence-electron chi connectivity index (χ1n) is 8.21. The minimum atomic E-state index is -2.92. The van der Waals surface area contributed by atoms with E-state index in [1.807, 2.05) is 35.0 Å². The molecule has 0 bridgehead atoms. The lowest BCUT2D eigenvalue weighted by Crippen LogP contribution is -2.43. The van der Waals surface area contributed by atoms with Crippen LogP contribution in [-0.2, 0) is 14.6 Å². The lowest BCUT2D eigenvalue weighted by atomic mass is 10.0. The number of likely N-dealkylation sites (tertiary alicyclic amines) is 1. The summed E-state index contributed by atoms with van der Waals surface area (Å²) in [4.78, 5) is 16.6. The minimum absolute atomic E-state index is 0.0262. The molecule has 2 aliphatic heterocycles. The summed E-state index contributed by atoms with van der Waals surface area (Å²) in [5.41, 5.74) is 1.18. The summed E-state index contributed by atoms with van der Waals surface area (Å²) in [7, 11) is -1.06. The van der Waals surface area contributed by atoms with Gasteiger partial charge in [-0.3, -0.25) is 9.69 Å². The van der Waals surface area contributed by atoms with Crippen molar-refractivity contribution in [1.82, 2.24) is 9.80 Å². The summed E-state index contributed by atoms with van der Waals surface area (Å²) < 4.78 is 23.2. The van der Waals surface area contributed by atoms with Crippen LogP contribution >= 0.6 is 0 Å². The predicted octanol–water partition coefficient (Wildman–Crippen LogP) is 1.47. The van der Waals surface area contributed by atoms with Gasteiger partial charge in [-0.25, -0.2) is 8.42 Å². The van der Waals surface area contributed by atoms with Crippen molar-refractivity contribution in [3.63, 3.8) is 0 Å². The van der Waals surface area contributed by atoms with Crippen molar-refractivity contribution in [2.24, 2.45) is 0 Å². The smallest absolute Gasteiger partial charge is 0.237 e. The van der Waals surface area contributed by atoms with Gasteiger partial charge in [0.25, 0.3) is 0 Å². The summed E-state index contributed by atoms with van der Waals surface area (Å²) in [6.45, 7) is 1.08. The SMILES string of the molecule is CN(CC(=O)N1CCC[C@@H]1c1ccccc1)[C@@H]1CCS(=O)(=O)C1. The Kier molecular flexibility index (Phi) is 4.73. The maximum atomic E-state index is 12.7. The maximum Gasteiger partial charge on any atom is 0.237 e. The second-order valence-corrected chi connectivity index (χ2v) is 8.86. The van der Waals surface area contributed by atoms with E-state index in [1.54, 1.807) is 0 Å². The van der Waals surface area contributed by atoms with Gasteiger partial charge in [0.1, 0.15) is 0 Å². The summed E-state index contributed by atoms with van der Waals surface area (Å²) in [6.07, 6.45) is 2.65. The zero-order chi connectivity index (χ0) is 16.4. The molecule has 0 spiro atoms. The van der Waals surface area contributed by atoms with Gasteiger partial charge in [0.2, 0.25) is 5.91 Å². The van der Waals surface area contributed by atoms with Crippen LogP contribution in [0.2, 0.25) is 0 Å². The van der Waals surface area contributed by atoms with E-state index in [4.69, 9.17) is 0 Å². The molecule has 0 unspecified atom stereocenters. The molecule has 126 valence electrons. The van der Waals surface area contributed by atoms with Gasteiger partial charge in [-0.05, 0) is 31.9 Å². The Balaban J connectivity index is 1.63. The number of sulfone groups is 1. The van der Waals surface area contributed by atoms with E-state index >= 15 is 0 Å². The number of hydrogen-bond donors (Lipinski definition) is 0. The number of rotatable bonds is 4. The zero-order valence-corrected chi connectivity index (χ0v) is 14.3. The minimum Gasteiger partial charge on any atom is -0.335 e. The van der Waals surface area contributed by atoms with Gasteiger partial charge in [-0.15, -0.1) is 0 Å². The van der Waals surface area contributed by atoms with Crippen LogP contribution in [0.5, 0.6) is 0 Å². The number of hydrogen-bond acceptors (Lipinski definition) is 4. The van der Waals surface area contributed by atoms with Crippen LogP contribution in [0.15, 0.2) is 30.3 Å². The molecular weight excluding hydrogens is 312 g/mol. The molecule has 6 heteroatoms. The Hall–Kier alpha value is -1.40. The molecule has 2 saturated heterocycles. The van der Waals surface area contributed by atoms with Crippen molar-refractivity contribution >= 4 is 15.7 Å². The highest BCUT2D eigenvalue weighted by molar-refractivity contribution is 7.91. The molecule has 1 aromatic rings. The molecule has 1 aromatic carbocycles. The Morgan fingerprint density at radius 3 is 2.65 bits per heavy atom. The van der Waals surface area contributed by atoms with Crippen LogP contribution in [0.4, 0.5) is 0 Å². The molecule has 2 atom stereocenters. The second kappa shape index (κ2) is 6.61. The highest BCUT2D eigenvalue weighted by atomic mass is 32.2. The highest BCUT2D eigenvalue weighted by Gasteiger charge is 2.34. The number of carbonyl (C=O) groups is 1. The van der Waals surface area contributed by atoms with Gasteiger partial charge in [0, 0.05) is 12.6 Å². The van der Waals surface area contributed by atoms with Crippen LogP contribution in [-0.4, -0.2) is 61.8 Å². The van der Waals surface area contributed by atoms with Gasteiger partial charge in [-0.1, -0.05) is 30.3 Å². The third-order valence-corrected chi connectivity index (χ3v) is 6.72. The average Bonchev–Trinajstić information content (AvgIpc) is 3.14. The molecule has 2 heterocycles. The summed E-state index contributed by atoms with van der Waals surface area (Å²) >= 11 is 0. The van der Waals surface area contributed by atoms with Crippen molar-refractivity contribution in [1.29, 1.82) is 0 Å². The monoisotopic (exact) mass is 336 g/mol. The van der Waals surface area contributed by atoms with Crippen LogP contribution in [0.1, 0.15) is 30.9 Å². The number of likely N-dealkylation sites (N-methyl/N-ethyl adjacent to an activating group) is 1. The Morgan fingerprint density at radius 2 is 2.00 bits per heavy atom. The Morgan fingerprint density at radius 1 is 1.26 bits per heavy atom. The van der Waals surface area contributed by atoms with Crippen LogP contribution in [0.25, 0.3) is 0 Å². The Labute approximate surface area is 138 Å². The number of nitrogens with zero attached hydrogens (tertiary/aromatic N) is 2. The fourth-order valence-electron chi connectivity index (χ4n) is 3.64. The third kappa shape index (κ3) is 3.75. The topological polar surface area (TPSA) is 57.7 Å². The van der Waals surface area contributed by atoms with E-state index < -0.39 is 9.84 Å². The highest BCUT2D eigenvalue weighted by Crippen LogP contribution is 2.32. The Bertz CT molecular complexity index is 660. The first-order valence-corrected chi connectivity index (χ1v) is 10.0. The van der Waals surface area contributed by atoms with E-state index in [1.165, 1.54) is 5.56 Å². The summed E-state index contributed by atoms with van der Waals surface area (Å²) in [6, 6.07) is 10.3. The zero-order valence-electron chi connectivity index (χ0n) is 13.5. The predicted molar refractivity (Wildman–Crippen MR) is 89.8 cm³/mol. The van der Waals surface area contributed by atoms with Crippen LogP contribution in [0.3, 0.4) is 0 Å². The lowest BCUT2D eigenvalue weighted by Gasteiger charge is -2.29. The molecular formula is C17H24N2O3S. The number of carbonyl (C=O) groups excluding carboxylic acids is 1. The molecule has 2 aliphatic rings. The van der Waals surface area contributed by atoms with Gasteiger partial charge in [0.15, 0.2) is 9.84 Å². The normalized spacial score (nSPS) is 26.8. The molecule has 0 N–H and O–H groups in total. The van der Waals surface area contributed by atoms with E-state index in [2.05, 4.69) is 12.1 Å². The first kappa shape index (κ1) is 16.5. The van der Waals surface area contributed by atoms with Crippen LogP contribution < -0.4 is 0 Å². The average molecular weight is 336 g/mol. The number of benzene rings is 1. The molecule has 0 radical (unpaired) electrons. The fourth-order valence-corrected chi connectivity index (χ4v) is 5.45. The summed E-state index contributed by atoms with van der Waals surface area (Å²) in [5, 5.41) is 0. The van der Waals surface area contributed by atoms with Gasteiger partial charge >= 0.3 is 0 Å². The third-order valence-electron chi connectivity index (χ3n) is 4.97. The second-order valence-electron chi connectivity index (χ2n) is 6.63. The van der Waals surface area contributed by atoms with E-state index in [9.17, 15) is 13.2 Å². The molecule has 1 amide bonds. The molecule has 0 aliphatic carbocycles. The largest absolute Gasteiger partial charge is 0.335 e. The molecule has 3 rings (SSSR count). The molecule has 23 heavy (non-hydrogen) atoms. The fraction of sp³-hybridized carbons (Fsp3) is 0.588. The molecule has 0 saturated carbocycles. The number of amides is 1. The molecule has 2 fully saturated rings. The van der Waals surface area contributed by atoms with E-state index in [-0.39, 0.29) is 29.5 Å². The van der Waals surface area contributed by atoms with Gasteiger partial charge in [-0.2, -0.15) is 0 Å². The molecule has 0 aromatic heterocycles. The van der Waals surface area contributed by atoms with E-state index in [0.717, 1.165) is 19.4 Å². The quantitative estimate of drug-likeness (QED) is 0.835. The lowest BCUT2D eigenvalue weighted by molar-refractivity contribution is -0.133. The van der Waals surface area contributed by atoms with Gasteiger partial charge < -0.3 is 4.90 Å². The van der Waals surface area contributed by atoms with Crippen molar-refractivity contribution < 1.29 is 13.2 Å². The van der Waals surface area contributed by atoms with Crippen molar-refractivity contribution in [2.75, 3.05) is 31.6 Å². The standard InChI is InChI=1S/C17H24N2O3S/c1-18(15-9-11-23(21,22)13-15)12-17(20)19-10-5-8-16(19)14-6-3-2-4-7-14/h2-4,6-7,15-16H,5,8-13H2,1H3/t15-,16-/m1/s1. The molecule has 5 nitrogen and oxygen atoms in total. The van der Waals surface area contributed by atoms with Crippen molar-refractivity contribution in [2.45, 2.75) is 31.3 Å². The maximum absolute atomic E-state index is 12.7. The van der Waals surface area contributed by atoms with E-state index in [0.29, 0.717) is 13.0 Å². The first-order chi connectivity index (χ1) is 11.0. The van der Waals surface area contributed by atoms with Crippen molar-refractivity contribution in [3.05, 3.63) is 35.9 Å².